The van der Waals surface area contributed by atoms with E-state index in [1.54, 1.807) is 13.2 Å². The third-order valence-electron chi connectivity index (χ3n) is 3.69. The molecule has 0 saturated carbocycles. The fourth-order valence-electron chi connectivity index (χ4n) is 2.48. The van der Waals surface area contributed by atoms with E-state index < -0.39 is 0 Å². The number of hydrogen-bond acceptors (Lipinski definition) is 4. The predicted octanol–water partition coefficient (Wildman–Crippen LogP) is 5.90. The summed E-state index contributed by atoms with van der Waals surface area (Å²) in [4.78, 5) is 26.8. The number of rotatable bonds is 4. The van der Waals surface area contributed by atoms with Crippen molar-refractivity contribution in [1.29, 1.82) is 0 Å². The van der Waals surface area contributed by atoms with Gasteiger partial charge < -0.3 is 4.74 Å². The first kappa shape index (κ1) is 20.2. The lowest BCUT2D eigenvalue weighted by Crippen LogP contribution is -2.27. The van der Waals surface area contributed by atoms with Crippen molar-refractivity contribution in [2.75, 3.05) is 7.11 Å². The highest BCUT2D eigenvalue weighted by Gasteiger charge is 2.35. The van der Waals surface area contributed by atoms with Gasteiger partial charge in [0.05, 0.1) is 22.1 Å². The molecule has 134 valence electrons. The molecule has 0 bridgehead atoms. The highest BCUT2D eigenvalue weighted by molar-refractivity contribution is 14.1. The normalized spacial score (nSPS) is 15.8. The molecule has 2 aromatic rings. The van der Waals surface area contributed by atoms with Crippen molar-refractivity contribution < 1.29 is 14.3 Å². The van der Waals surface area contributed by atoms with E-state index >= 15 is 0 Å². The summed E-state index contributed by atoms with van der Waals surface area (Å²) in [5, 5.41) is -0.267. The maximum absolute atomic E-state index is 12.8. The van der Waals surface area contributed by atoms with Crippen molar-refractivity contribution in [2.45, 2.75) is 6.54 Å². The van der Waals surface area contributed by atoms with Crippen LogP contribution in [-0.2, 0) is 11.3 Å². The number of methoxy groups -OCH3 is 1. The number of ether oxygens (including phenoxy) is 1. The Kier molecular flexibility index (Phi) is 6.68. The molecule has 2 aromatic carbocycles. The van der Waals surface area contributed by atoms with Gasteiger partial charge in [0.25, 0.3) is 11.1 Å². The largest absolute Gasteiger partial charge is 0.495 e. The van der Waals surface area contributed by atoms with Crippen LogP contribution in [0.1, 0.15) is 11.1 Å². The smallest absolute Gasteiger partial charge is 0.293 e. The van der Waals surface area contributed by atoms with E-state index in [1.165, 1.54) is 4.90 Å². The summed E-state index contributed by atoms with van der Waals surface area (Å²) in [6.07, 6.45) is 1.73. The molecule has 1 heterocycles. The maximum atomic E-state index is 12.8. The second kappa shape index (κ2) is 8.61. The van der Waals surface area contributed by atoms with Gasteiger partial charge in [-0.2, -0.15) is 0 Å². The number of nitrogens with zero attached hydrogens (tertiary/aromatic N) is 1. The Balaban J connectivity index is 1.92. The first-order valence-corrected chi connectivity index (χ1v) is 11.2. The van der Waals surface area contributed by atoms with Crippen molar-refractivity contribution in [2.24, 2.45) is 0 Å². The number of carbonyl (C=O) groups is 2. The quantitative estimate of drug-likeness (QED) is 0.304. The van der Waals surface area contributed by atoms with E-state index in [4.69, 9.17) is 4.74 Å². The molecule has 4 nitrogen and oxygen atoms in total. The molecular weight excluding hydrogens is 644 g/mol. The van der Waals surface area contributed by atoms with Crippen LogP contribution in [0, 0.1) is 7.14 Å². The molecule has 1 aliphatic heterocycles. The van der Waals surface area contributed by atoms with Gasteiger partial charge in [-0.05, 0) is 86.8 Å². The van der Waals surface area contributed by atoms with Crippen molar-refractivity contribution >= 4 is 90.1 Å². The van der Waals surface area contributed by atoms with E-state index in [0.29, 0.717) is 10.7 Å². The Labute approximate surface area is 191 Å². The van der Waals surface area contributed by atoms with Crippen LogP contribution >= 0.6 is 72.9 Å². The molecule has 0 N–H and O–H groups in total. The van der Waals surface area contributed by atoms with Crippen LogP contribution in [0.25, 0.3) is 6.08 Å². The average Bonchev–Trinajstić information content (AvgIpc) is 2.84. The van der Waals surface area contributed by atoms with Gasteiger partial charge in [0.15, 0.2) is 0 Å². The molecule has 0 radical (unpaired) electrons. The summed E-state index contributed by atoms with van der Waals surface area (Å²) in [6, 6.07) is 11.5. The van der Waals surface area contributed by atoms with Crippen molar-refractivity contribution in [3.8, 4) is 5.75 Å². The third kappa shape index (κ3) is 4.28. The fourth-order valence-corrected chi connectivity index (χ4v) is 5.83. The van der Waals surface area contributed by atoms with Crippen LogP contribution in [-0.4, -0.2) is 23.2 Å². The summed E-state index contributed by atoms with van der Waals surface area (Å²) < 4.78 is 8.32. The van der Waals surface area contributed by atoms with Crippen molar-refractivity contribution in [3.05, 3.63) is 64.0 Å². The highest BCUT2D eigenvalue weighted by Crippen LogP contribution is 2.37. The molecule has 0 spiro atoms. The van der Waals surface area contributed by atoms with Crippen LogP contribution in [0.2, 0.25) is 0 Å². The van der Waals surface area contributed by atoms with Gasteiger partial charge in [-0.1, -0.05) is 34.1 Å². The van der Waals surface area contributed by atoms with Gasteiger partial charge in [-0.3, -0.25) is 14.5 Å². The molecular formula is C18H12BrI2NO3S. The van der Waals surface area contributed by atoms with Crippen molar-refractivity contribution in [3.63, 3.8) is 0 Å². The molecule has 0 unspecified atom stereocenters. The Morgan fingerprint density at radius 3 is 2.65 bits per heavy atom. The summed E-state index contributed by atoms with van der Waals surface area (Å²) >= 11 is 8.83. The molecule has 8 heteroatoms. The molecule has 0 aromatic heterocycles. The van der Waals surface area contributed by atoms with Crippen LogP contribution in [0.4, 0.5) is 4.79 Å². The molecule has 26 heavy (non-hydrogen) atoms. The predicted molar refractivity (Wildman–Crippen MR) is 124 cm³/mol. The minimum absolute atomic E-state index is 0.240. The maximum Gasteiger partial charge on any atom is 0.293 e. The number of halogens is 3. The number of thioether (sulfide) groups is 1. The lowest BCUT2D eigenvalue weighted by Gasteiger charge is -2.13. The number of carbonyl (C=O) groups excluding carboxylic acids is 2. The summed E-state index contributed by atoms with van der Waals surface area (Å²) in [5.41, 5.74) is 1.67. The topological polar surface area (TPSA) is 46.6 Å². The minimum atomic E-state index is -0.285. The molecule has 1 saturated heterocycles. The summed E-state index contributed by atoms with van der Waals surface area (Å²) in [5.74, 6) is 0.412. The SMILES string of the molecule is COc1c(I)cc(I)cc1/C=C1\SC(=O)N(Cc2ccccc2Br)C1=O. The molecule has 2 amide bonds. The Hall–Kier alpha value is -0.590. The zero-order valence-corrected chi connectivity index (χ0v) is 20.2. The van der Waals surface area contributed by atoms with E-state index in [-0.39, 0.29) is 17.7 Å². The first-order valence-electron chi connectivity index (χ1n) is 7.42. The fraction of sp³-hybridized carbons (Fsp3) is 0.111. The summed E-state index contributed by atoms with van der Waals surface area (Å²) in [6.45, 7) is 0.240. The van der Waals surface area contributed by atoms with Crippen LogP contribution < -0.4 is 4.74 Å². The lowest BCUT2D eigenvalue weighted by molar-refractivity contribution is -0.123. The highest BCUT2D eigenvalue weighted by atomic mass is 127. The second-order valence-corrected chi connectivity index (χ2v) is 9.62. The molecule has 1 fully saturated rings. The minimum Gasteiger partial charge on any atom is -0.495 e. The van der Waals surface area contributed by atoms with Crippen LogP contribution in [0.3, 0.4) is 0 Å². The molecule has 1 aliphatic rings. The zero-order chi connectivity index (χ0) is 18.8. The van der Waals surface area contributed by atoms with Crippen LogP contribution in [0.15, 0.2) is 45.8 Å². The van der Waals surface area contributed by atoms with Gasteiger partial charge in [0.2, 0.25) is 0 Å². The average molecular weight is 656 g/mol. The monoisotopic (exact) mass is 655 g/mol. The van der Waals surface area contributed by atoms with Gasteiger partial charge in [-0.15, -0.1) is 0 Å². The van der Waals surface area contributed by atoms with Gasteiger partial charge in [-0.25, -0.2) is 0 Å². The Morgan fingerprint density at radius 2 is 1.96 bits per heavy atom. The lowest BCUT2D eigenvalue weighted by atomic mass is 10.1. The number of amides is 2. The number of benzene rings is 2. The second-order valence-electron chi connectivity index (χ2n) is 5.37. The van der Waals surface area contributed by atoms with Gasteiger partial charge in [0, 0.05) is 13.6 Å². The molecule has 0 aliphatic carbocycles. The molecule has 3 rings (SSSR count). The zero-order valence-electron chi connectivity index (χ0n) is 13.5. The number of imide groups is 1. The Bertz CT molecular complexity index is 933. The van der Waals surface area contributed by atoms with E-state index in [1.807, 2.05) is 36.4 Å². The van der Waals surface area contributed by atoms with Gasteiger partial charge >= 0.3 is 0 Å². The third-order valence-corrected chi connectivity index (χ3v) is 6.79. The van der Waals surface area contributed by atoms with Crippen LogP contribution in [0.5, 0.6) is 5.75 Å². The van der Waals surface area contributed by atoms with Crippen molar-refractivity contribution in [1.82, 2.24) is 4.90 Å². The molecule has 0 atom stereocenters. The first-order chi connectivity index (χ1) is 12.4. The van der Waals surface area contributed by atoms with E-state index in [2.05, 4.69) is 61.1 Å². The van der Waals surface area contributed by atoms with E-state index in [0.717, 1.165) is 34.5 Å². The van der Waals surface area contributed by atoms with Gasteiger partial charge in [0.1, 0.15) is 5.75 Å². The summed E-state index contributed by atoms with van der Waals surface area (Å²) in [7, 11) is 1.60. The van der Waals surface area contributed by atoms with E-state index in [9.17, 15) is 9.59 Å². The Morgan fingerprint density at radius 1 is 1.23 bits per heavy atom. The standard InChI is InChI=1S/C18H12BrI2NO3S/c1-25-16-11(6-12(20)8-14(16)21)7-15-17(23)22(18(24)26-15)9-10-4-2-3-5-13(10)19/h2-8H,9H2,1H3/b15-7-. The number of hydrogen-bond donors (Lipinski definition) is 0.